The van der Waals surface area contributed by atoms with Gasteiger partial charge in [0.15, 0.2) is 17.3 Å². The highest BCUT2D eigenvalue weighted by Gasteiger charge is 2.23. The van der Waals surface area contributed by atoms with Gasteiger partial charge in [-0.1, -0.05) is 19.1 Å². The van der Waals surface area contributed by atoms with Crippen molar-refractivity contribution in [3.63, 3.8) is 0 Å². The molecule has 1 fully saturated rings. The predicted octanol–water partition coefficient (Wildman–Crippen LogP) is 5.42. The lowest BCUT2D eigenvalue weighted by molar-refractivity contribution is 0.173. The second-order valence-corrected chi connectivity index (χ2v) is 9.06. The number of hydrogen-bond donors (Lipinski definition) is 0. The Balaban J connectivity index is 1.00. The molecule has 8 heteroatoms. The number of piperidine rings is 1. The molecule has 0 radical (unpaired) electrons. The quantitative estimate of drug-likeness (QED) is 0.312. The summed E-state index contributed by atoms with van der Waals surface area (Å²) in [7, 11) is 0. The van der Waals surface area contributed by atoms with Gasteiger partial charge < -0.3 is 27.9 Å². The molecular weight excluding hydrogens is 446 g/mol. The number of likely N-dealkylation sites (tertiary alicyclic amines) is 1. The van der Waals surface area contributed by atoms with E-state index in [1.165, 1.54) is 5.56 Å². The number of fused-ring (bicyclic) bond motifs is 2. The van der Waals surface area contributed by atoms with Crippen LogP contribution in [0.2, 0.25) is 0 Å². The fourth-order valence-electron chi connectivity index (χ4n) is 4.89. The van der Waals surface area contributed by atoms with Gasteiger partial charge in [-0.3, -0.25) is 0 Å². The minimum atomic E-state index is 0.327. The van der Waals surface area contributed by atoms with E-state index in [9.17, 15) is 0 Å². The Morgan fingerprint density at radius 1 is 1.00 bits per heavy atom. The molecule has 0 atom stereocenters. The van der Waals surface area contributed by atoms with E-state index in [1.54, 1.807) is 0 Å². The Kier molecular flexibility index (Phi) is 6.04. The number of aryl methyl sites for hydroxylation is 1. The van der Waals surface area contributed by atoms with Crippen molar-refractivity contribution in [1.29, 1.82) is 0 Å². The maximum atomic E-state index is 6.14. The molecule has 2 aromatic heterocycles. The number of aromatic nitrogens is 2. The molecule has 0 spiro atoms. The summed E-state index contributed by atoms with van der Waals surface area (Å²) < 4.78 is 28.7. The van der Waals surface area contributed by atoms with Crippen molar-refractivity contribution >= 4 is 11.0 Å². The maximum absolute atomic E-state index is 6.14. The largest absolute Gasteiger partial charge is 0.493 e. The van der Waals surface area contributed by atoms with E-state index in [4.69, 9.17) is 23.0 Å². The summed E-state index contributed by atoms with van der Waals surface area (Å²) in [4.78, 5) is 2.53. The SMILES string of the molecule is CCc1nnc(-c2cc3c(OCCCN4CCC(c5ccc6c(c5)OCO6)CC4)cccc3o2)o1. The lowest BCUT2D eigenvalue weighted by atomic mass is 9.89. The van der Waals surface area contributed by atoms with E-state index in [0.29, 0.717) is 43.3 Å². The van der Waals surface area contributed by atoms with Crippen LogP contribution in [0.3, 0.4) is 0 Å². The number of furan rings is 1. The number of hydrogen-bond acceptors (Lipinski definition) is 8. The van der Waals surface area contributed by atoms with Gasteiger partial charge in [0.05, 0.1) is 12.0 Å². The van der Waals surface area contributed by atoms with E-state index in [-0.39, 0.29) is 0 Å². The molecule has 2 aliphatic rings. The Morgan fingerprint density at radius 2 is 1.89 bits per heavy atom. The van der Waals surface area contributed by atoms with Crippen LogP contribution in [0.25, 0.3) is 22.6 Å². The van der Waals surface area contributed by atoms with Gasteiger partial charge in [0.25, 0.3) is 5.89 Å². The maximum Gasteiger partial charge on any atom is 0.283 e. The smallest absolute Gasteiger partial charge is 0.283 e. The summed E-state index contributed by atoms with van der Waals surface area (Å²) in [5.74, 6) is 4.68. The molecule has 4 heterocycles. The third kappa shape index (κ3) is 4.58. The predicted molar refractivity (Wildman–Crippen MR) is 130 cm³/mol. The highest BCUT2D eigenvalue weighted by atomic mass is 16.7. The van der Waals surface area contributed by atoms with Gasteiger partial charge in [0.2, 0.25) is 12.7 Å². The molecule has 0 aliphatic carbocycles. The first kappa shape index (κ1) is 22.0. The van der Waals surface area contributed by atoms with Crippen LogP contribution in [0.5, 0.6) is 17.2 Å². The molecule has 35 heavy (non-hydrogen) atoms. The topological polar surface area (TPSA) is 83.0 Å². The molecule has 2 aliphatic heterocycles. The zero-order chi connectivity index (χ0) is 23.6. The molecule has 0 saturated carbocycles. The molecule has 0 N–H and O–H groups in total. The van der Waals surface area contributed by atoms with E-state index in [2.05, 4.69) is 27.2 Å². The van der Waals surface area contributed by atoms with Gasteiger partial charge in [0, 0.05) is 19.0 Å². The average molecular weight is 476 g/mol. The number of ether oxygens (including phenoxy) is 3. The summed E-state index contributed by atoms with van der Waals surface area (Å²) in [6.45, 7) is 6.19. The Morgan fingerprint density at radius 3 is 2.74 bits per heavy atom. The normalized spacial score (nSPS) is 16.3. The van der Waals surface area contributed by atoms with Crippen molar-refractivity contribution in [2.24, 2.45) is 0 Å². The number of rotatable bonds is 8. The van der Waals surface area contributed by atoms with Crippen molar-refractivity contribution in [2.45, 2.75) is 38.5 Å². The molecule has 182 valence electrons. The third-order valence-corrected chi connectivity index (χ3v) is 6.83. The fraction of sp³-hybridized carbons (Fsp3) is 0.407. The molecule has 4 aromatic rings. The van der Waals surface area contributed by atoms with E-state index in [0.717, 1.165) is 67.1 Å². The Bertz CT molecular complexity index is 1310. The lowest BCUT2D eigenvalue weighted by Gasteiger charge is -2.32. The van der Waals surface area contributed by atoms with Crippen LogP contribution in [-0.4, -0.2) is 48.1 Å². The van der Waals surface area contributed by atoms with Gasteiger partial charge in [0.1, 0.15) is 11.3 Å². The zero-order valence-corrected chi connectivity index (χ0v) is 19.9. The fourth-order valence-corrected chi connectivity index (χ4v) is 4.89. The van der Waals surface area contributed by atoms with Gasteiger partial charge in [-0.2, -0.15) is 0 Å². The van der Waals surface area contributed by atoms with Crippen molar-refractivity contribution < 1.29 is 23.0 Å². The summed E-state index contributed by atoms with van der Waals surface area (Å²) in [5.41, 5.74) is 2.11. The summed E-state index contributed by atoms with van der Waals surface area (Å²) in [6, 6.07) is 14.1. The molecule has 6 rings (SSSR count). The molecular formula is C27H29N3O5. The first-order valence-electron chi connectivity index (χ1n) is 12.4. The van der Waals surface area contributed by atoms with Crippen LogP contribution < -0.4 is 14.2 Å². The van der Waals surface area contributed by atoms with Crippen LogP contribution in [0, 0.1) is 0 Å². The van der Waals surface area contributed by atoms with Crippen LogP contribution in [-0.2, 0) is 6.42 Å². The van der Waals surface area contributed by atoms with Crippen LogP contribution in [0.1, 0.15) is 43.6 Å². The molecule has 8 nitrogen and oxygen atoms in total. The lowest BCUT2D eigenvalue weighted by Crippen LogP contribution is -2.34. The van der Waals surface area contributed by atoms with Crippen molar-refractivity contribution in [2.75, 3.05) is 33.0 Å². The molecule has 0 amide bonds. The monoisotopic (exact) mass is 475 g/mol. The molecule has 2 aromatic carbocycles. The van der Waals surface area contributed by atoms with E-state index in [1.807, 2.05) is 37.3 Å². The van der Waals surface area contributed by atoms with Crippen LogP contribution >= 0.6 is 0 Å². The second kappa shape index (κ2) is 9.62. The number of benzene rings is 2. The summed E-state index contributed by atoms with van der Waals surface area (Å²) in [6.07, 6.45) is 3.98. The van der Waals surface area contributed by atoms with Gasteiger partial charge in [-0.25, -0.2) is 0 Å². The minimum Gasteiger partial charge on any atom is -0.493 e. The van der Waals surface area contributed by atoms with Crippen LogP contribution in [0.15, 0.2) is 51.3 Å². The van der Waals surface area contributed by atoms with Crippen molar-refractivity contribution in [3.8, 4) is 28.9 Å². The van der Waals surface area contributed by atoms with E-state index >= 15 is 0 Å². The second-order valence-electron chi connectivity index (χ2n) is 9.06. The van der Waals surface area contributed by atoms with Crippen molar-refractivity contribution in [3.05, 3.63) is 53.9 Å². The average Bonchev–Trinajstić information content (AvgIpc) is 3.65. The highest BCUT2D eigenvalue weighted by Crippen LogP contribution is 2.37. The van der Waals surface area contributed by atoms with Crippen LogP contribution in [0.4, 0.5) is 0 Å². The standard InChI is InChI=1S/C27H29N3O5/c1-2-26-28-29-27(35-26)25-16-20-21(5-3-6-22(20)34-25)31-14-4-11-30-12-9-18(10-13-30)19-7-8-23-24(15-19)33-17-32-23/h3,5-8,15-16,18H,2,4,9-14,17H2,1H3. The minimum absolute atomic E-state index is 0.327. The Labute approximate surface area is 203 Å². The molecule has 0 unspecified atom stereocenters. The van der Waals surface area contributed by atoms with Gasteiger partial charge >= 0.3 is 0 Å². The summed E-state index contributed by atoms with van der Waals surface area (Å²) in [5, 5.41) is 9.02. The third-order valence-electron chi connectivity index (χ3n) is 6.83. The highest BCUT2D eigenvalue weighted by molar-refractivity contribution is 5.87. The summed E-state index contributed by atoms with van der Waals surface area (Å²) >= 11 is 0. The molecule has 0 bridgehead atoms. The first-order valence-corrected chi connectivity index (χ1v) is 12.4. The Hall–Kier alpha value is -3.52. The van der Waals surface area contributed by atoms with Crippen molar-refractivity contribution in [1.82, 2.24) is 15.1 Å². The number of nitrogens with zero attached hydrogens (tertiary/aromatic N) is 3. The zero-order valence-electron chi connectivity index (χ0n) is 19.9. The van der Waals surface area contributed by atoms with Gasteiger partial charge in [-0.05, 0) is 68.1 Å². The first-order chi connectivity index (χ1) is 17.3. The molecule has 1 saturated heterocycles. The van der Waals surface area contributed by atoms with E-state index < -0.39 is 0 Å². The van der Waals surface area contributed by atoms with Gasteiger partial charge in [-0.15, -0.1) is 10.2 Å².